The SMILES string of the molecule is O=C(c1cc(=O)[nH]o1)N1CCCC[C@H]1CCc1ccccn1. The first-order valence-electron chi connectivity index (χ1n) is 7.63. The number of likely N-dealkylation sites (tertiary alicyclic amines) is 1. The molecule has 6 nitrogen and oxygen atoms in total. The van der Waals surface area contributed by atoms with E-state index in [0.717, 1.165) is 37.8 Å². The summed E-state index contributed by atoms with van der Waals surface area (Å²) >= 11 is 0. The predicted molar refractivity (Wildman–Crippen MR) is 80.6 cm³/mol. The van der Waals surface area contributed by atoms with Gasteiger partial charge in [-0.3, -0.25) is 14.6 Å². The zero-order valence-corrected chi connectivity index (χ0v) is 12.3. The summed E-state index contributed by atoms with van der Waals surface area (Å²) in [4.78, 5) is 29.8. The van der Waals surface area contributed by atoms with Crippen molar-refractivity contribution in [2.45, 2.75) is 38.1 Å². The normalized spacial score (nSPS) is 18.4. The van der Waals surface area contributed by atoms with E-state index in [1.165, 1.54) is 6.07 Å². The van der Waals surface area contributed by atoms with Crippen molar-refractivity contribution in [1.82, 2.24) is 15.0 Å². The first-order chi connectivity index (χ1) is 10.7. The number of H-pyrrole nitrogens is 1. The smallest absolute Gasteiger partial charge is 0.292 e. The van der Waals surface area contributed by atoms with Crippen molar-refractivity contribution in [3.63, 3.8) is 0 Å². The lowest BCUT2D eigenvalue weighted by atomic mass is 9.96. The minimum Gasteiger partial charge on any atom is -0.373 e. The Morgan fingerprint density at radius 1 is 1.41 bits per heavy atom. The van der Waals surface area contributed by atoms with Gasteiger partial charge in [0, 0.05) is 24.5 Å². The molecule has 1 amide bonds. The van der Waals surface area contributed by atoms with Crippen LogP contribution in [0.5, 0.6) is 0 Å². The van der Waals surface area contributed by atoms with Crippen LogP contribution in [0.3, 0.4) is 0 Å². The van der Waals surface area contributed by atoms with Crippen LogP contribution >= 0.6 is 0 Å². The van der Waals surface area contributed by atoms with Crippen LogP contribution in [-0.2, 0) is 6.42 Å². The molecule has 3 rings (SSSR count). The first kappa shape index (κ1) is 14.6. The molecule has 116 valence electrons. The van der Waals surface area contributed by atoms with E-state index < -0.39 is 0 Å². The third kappa shape index (κ3) is 3.27. The van der Waals surface area contributed by atoms with Crippen LogP contribution in [0.25, 0.3) is 0 Å². The van der Waals surface area contributed by atoms with E-state index in [9.17, 15) is 9.59 Å². The Labute approximate surface area is 128 Å². The van der Waals surface area contributed by atoms with Gasteiger partial charge >= 0.3 is 0 Å². The van der Waals surface area contributed by atoms with E-state index in [1.807, 2.05) is 23.1 Å². The van der Waals surface area contributed by atoms with Gasteiger partial charge in [-0.25, -0.2) is 0 Å². The molecule has 1 N–H and O–H groups in total. The summed E-state index contributed by atoms with van der Waals surface area (Å²) in [7, 11) is 0. The molecule has 3 heterocycles. The fourth-order valence-electron chi connectivity index (χ4n) is 2.96. The molecular formula is C16H19N3O3. The maximum Gasteiger partial charge on any atom is 0.292 e. The Hall–Kier alpha value is -2.37. The van der Waals surface area contributed by atoms with Crippen LogP contribution in [-0.4, -0.2) is 33.5 Å². The summed E-state index contributed by atoms with van der Waals surface area (Å²) < 4.78 is 4.95. The lowest BCUT2D eigenvalue weighted by Gasteiger charge is -2.35. The molecule has 0 unspecified atom stereocenters. The molecule has 0 aromatic carbocycles. The van der Waals surface area contributed by atoms with Gasteiger partial charge in [-0.15, -0.1) is 0 Å². The van der Waals surface area contributed by atoms with Gasteiger partial charge in [0.1, 0.15) is 0 Å². The average molecular weight is 301 g/mol. The number of carbonyl (C=O) groups excluding carboxylic acids is 1. The Kier molecular flexibility index (Phi) is 4.37. The second-order valence-corrected chi connectivity index (χ2v) is 5.58. The zero-order chi connectivity index (χ0) is 15.4. The fourth-order valence-corrected chi connectivity index (χ4v) is 2.96. The van der Waals surface area contributed by atoms with Crippen LogP contribution in [0.15, 0.2) is 39.8 Å². The zero-order valence-electron chi connectivity index (χ0n) is 12.3. The highest BCUT2D eigenvalue weighted by atomic mass is 16.5. The summed E-state index contributed by atoms with van der Waals surface area (Å²) in [5.41, 5.74) is 0.652. The quantitative estimate of drug-likeness (QED) is 0.936. The number of carbonyl (C=O) groups is 1. The standard InChI is InChI=1S/C16H19N3O3/c20-15-11-14(22-18-15)16(21)19-10-4-2-6-13(19)8-7-12-5-1-3-9-17-12/h1,3,5,9,11,13H,2,4,6-8,10H2,(H,18,20)/t13-/m0/s1. The van der Waals surface area contributed by atoms with E-state index in [-0.39, 0.29) is 23.3 Å². The predicted octanol–water partition coefficient (Wildman–Crippen LogP) is 1.99. The summed E-state index contributed by atoms with van der Waals surface area (Å²) in [6, 6.07) is 7.25. The van der Waals surface area contributed by atoms with Crippen molar-refractivity contribution in [2.75, 3.05) is 6.54 Å². The number of nitrogens with one attached hydrogen (secondary N) is 1. The number of hydrogen-bond acceptors (Lipinski definition) is 4. The van der Waals surface area contributed by atoms with Crippen molar-refractivity contribution >= 4 is 5.91 Å². The molecule has 2 aromatic heterocycles. The van der Waals surface area contributed by atoms with Crippen molar-refractivity contribution in [3.8, 4) is 0 Å². The summed E-state index contributed by atoms with van der Waals surface area (Å²) in [6.07, 6.45) is 6.58. The van der Waals surface area contributed by atoms with Gasteiger partial charge in [0.15, 0.2) is 0 Å². The monoisotopic (exact) mass is 301 g/mol. The van der Waals surface area contributed by atoms with Crippen LogP contribution in [0.2, 0.25) is 0 Å². The minimum atomic E-state index is -0.384. The van der Waals surface area contributed by atoms with Gasteiger partial charge in [0.2, 0.25) is 5.76 Å². The van der Waals surface area contributed by atoms with Gasteiger partial charge in [-0.05, 0) is 44.2 Å². The van der Waals surface area contributed by atoms with Crippen molar-refractivity contribution < 1.29 is 9.32 Å². The minimum absolute atomic E-state index is 0.0923. The Balaban J connectivity index is 1.68. The molecule has 6 heteroatoms. The number of hydrogen-bond donors (Lipinski definition) is 1. The molecule has 0 radical (unpaired) electrons. The van der Waals surface area contributed by atoms with E-state index in [2.05, 4.69) is 10.1 Å². The van der Waals surface area contributed by atoms with Gasteiger partial charge in [-0.2, -0.15) is 5.16 Å². The van der Waals surface area contributed by atoms with Crippen LogP contribution in [0, 0.1) is 0 Å². The van der Waals surface area contributed by atoms with Crippen LogP contribution < -0.4 is 5.56 Å². The third-order valence-electron chi connectivity index (χ3n) is 4.08. The molecule has 2 aromatic rings. The number of piperidine rings is 1. The maximum absolute atomic E-state index is 12.5. The van der Waals surface area contributed by atoms with Crippen molar-refractivity contribution in [1.29, 1.82) is 0 Å². The van der Waals surface area contributed by atoms with Gasteiger partial charge in [0.05, 0.1) is 6.07 Å². The Bertz CT molecular complexity index is 677. The van der Waals surface area contributed by atoms with E-state index >= 15 is 0 Å². The first-order valence-corrected chi connectivity index (χ1v) is 7.63. The number of aromatic amines is 1. The van der Waals surface area contributed by atoms with E-state index in [0.29, 0.717) is 6.54 Å². The van der Waals surface area contributed by atoms with Crippen molar-refractivity contribution in [3.05, 3.63) is 52.3 Å². The van der Waals surface area contributed by atoms with Gasteiger partial charge < -0.3 is 9.42 Å². The molecule has 1 saturated heterocycles. The molecule has 0 aliphatic carbocycles. The molecule has 0 spiro atoms. The summed E-state index contributed by atoms with van der Waals surface area (Å²) in [5.74, 6) is -0.112. The number of pyridine rings is 1. The number of aryl methyl sites for hydroxylation is 1. The molecule has 1 aliphatic rings. The number of amides is 1. The number of nitrogens with zero attached hydrogens (tertiary/aromatic N) is 2. The molecular weight excluding hydrogens is 282 g/mol. The number of aromatic nitrogens is 2. The Morgan fingerprint density at radius 2 is 2.32 bits per heavy atom. The average Bonchev–Trinajstić information content (AvgIpc) is 3.00. The lowest BCUT2D eigenvalue weighted by molar-refractivity contribution is 0.0559. The van der Waals surface area contributed by atoms with E-state index in [1.54, 1.807) is 6.20 Å². The highest BCUT2D eigenvalue weighted by molar-refractivity contribution is 5.91. The largest absolute Gasteiger partial charge is 0.373 e. The van der Waals surface area contributed by atoms with Crippen LogP contribution in [0.4, 0.5) is 0 Å². The molecule has 1 fully saturated rings. The second kappa shape index (κ2) is 6.60. The maximum atomic E-state index is 12.5. The fraction of sp³-hybridized carbons (Fsp3) is 0.438. The molecule has 0 saturated carbocycles. The summed E-state index contributed by atoms with van der Waals surface area (Å²) in [6.45, 7) is 0.709. The highest BCUT2D eigenvalue weighted by Gasteiger charge is 2.29. The topological polar surface area (TPSA) is 79.2 Å². The van der Waals surface area contributed by atoms with Crippen molar-refractivity contribution in [2.24, 2.45) is 0 Å². The highest BCUT2D eigenvalue weighted by Crippen LogP contribution is 2.22. The molecule has 1 aliphatic heterocycles. The number of rotatable bonds is 4. The molecule has 0 bridgehead atoms. The Morgan fingerprint density at radius 3 is 3.05 bits per heavy atom. The van der Waals surface area contributed by atoms with Crippen LogP contribution in [0.1, 0.15) is 41.9 Å². The summed E-state index contributed by atoms with van der Waals surface area (Å²) in [5, 5.41) is 2.17. The van der Waals surface area contributed by atoms with E-state index in [4.69, 9.17) is 4.52 Å². The molecule has 22 heavy (non-hydrogen) atoms. The second-order valence-electron chi connectivity index (χ2n) is 5.58. The molecule has 1 atom stereocenters. The van der Waals surface area contributed by atoms with Gasteiger partial charge in [0.25, 0.3) is 11.5 Å². The van der Waals surface area contributed by atoms with Gasteiger partial charge in [-0.1, -0.05) is 6.07 Å². The third-order valence-corrected chi connectivity index (χ3v) is 4.08. The lowest BCUT2D eigenvalue weighted by Crippen LogP contribution is -2.43.